The van der Waals surface area contributed by atoms with E-state index < -0.39 is 16.0 Å². The summed E-state index contributed by atoms with van der Waals surface area (Å²) in [6, 6.07) is 2.34. The van der Waals surface area contributed by atoms with Crippen molar-refractivity contribution in [1.82, 2.24) is 4.31 Å². The van der Waals surface area contributed by atoms with E-state index in [1.165, 1.54) is 10.4 Å². The molecule has 6 nitrogen and oxygen atoms in total. The fraction of sp³-hybridized carbons (Fsp3) is 0.500. The lowest BCUT2D eigenvalue weighted by atomic mass is 10.4. The number of aromatic carboxylic acids is 1. The minimum Gasteiger partial charge on any atom is -0.475 e. The monoisotopic (exact) mass is 291 g/mol. The number of hydrogen-bond acceptors (Lipinski definition) is 5. The van der Waals surface area contributed by atoms with Gasteiger partial charge in [-0.25, -0.2) is 13.2 Å². The molecule has 1 aromatic rings. The van der Waals surface area contributed by atoms with Crippen LogP contribution in [0.5, 0.6) is 0 Å². The van der Waals surface area contributed by atoms with Gasteiger partial charge in [-0.3, -0.25) is 0 Å². The third-order valence-corrected chi connectivity index (χ3v) is 5.47. The van der Waals surface area contributed by atoms with E-state index in [4.69, 9.17) is 9.52 Å². The largest absolute Gasteiger partial charge is 0.475 e. The Morgan fingerprint density at radius 1 is 1.56 bits per heavy atom. The topological polar surface area (TPSA) is 87.8 Å². The predicted octanol–water partition coefficient (Wildman–Crippen LogP) is 1.10. The maximum absolute atomic E-state index is 12.2. The summed E-state index contributed by atoms with van der Waals surface area (Å²) in [6.07, 6.45) is 0. The molecule has 1 aromatic heterocycles. The molecule has 0 radical (unpaired) electrons. The van der Waals surface area contributed by atoms with Gasteiger partial charge in [-0.1, -0.05) is 6.92 Å². The van der Waals surface area contributed by atoms with Gasteiger partial charge in [-0.05, 0) is 12.1 Å². The zero-order chi connectivity index (χ0) is 13.3. The van der Waals surface area contributed by atoms with Crippen LogP contribution in [0.3, 0.4) is 0 Å². The van der Waals surface area contributed by atoms with Gasteiger partial charge in [-0.2, -0.15) is 16.1 Å². The lowest BCUT2D eigenvalue weighted by molar-refractivity contribution is 0.0656. The summed E-state index contributed by atoms with van der Waals surface area (Å²) in [5.41, 5.74) is 0. The smallest absolute Gasteiger partial charge is 0.371 e. The van der Waals surface area contributed by atoms with Gasteiger partial charge >= 0.3 is 5.97 Å². The van der Waals surface area contributed by atoms with E-state index in [2.05, 4.69) is 0 Å². The van der Waals surface area contributed by atoms with Crippen molar-refractivity contribution in [1.29, 1.82) is 0 Å². The van der Waals surface area contributed by atoms with Crippen molar-refractivity contribution in [3.05, 3.63) is 17.9 Å². The van der Waals surface area contributed by atoms with E-state index in [1.807, 2.05) is 6.92 Å². The molecule has 18 heavy (non-hydrogen) atoms. The van der Waals surface area contributed by atoms with Crippen molar-refractivity contribution in [2.75, 3.05) is 18.8 Å². The van der Waals surface area contributed by atoms with Crippen molar-refractivity contribution in [2.45, 2.75) is 17.3 Å². The van der Waals surface area contributed by atoms with Crippen LogP contribution in [0.1, 0.15) is 17.5 Å². The Bertz CT molecular complexity index is 550. The van der Waals surface area contributed by atoms with Crippen LogP contribution >= 0.6 is 11.8 Å². The Kier molecular flexibility index (Phi) is 3.69. The van der Waals surface area contributed by atoms with Crippen LogP contribution in [0.15, 0.2) is 21.6 Å². The van der Waals surface area contributed by atoms with Crippen molar-refractivity contribution < 1.29 is 22.7 Å². The van der Waals surface area contributed by atoms with Crippen LogP contribution in [0.2, 0.25) is 0 Å². The molecule has 1 unspecified atom stereocenters. The summed E-state index contributed by atoms with van der Waals surface area (Å²) in [4.78, 5) is 10.7. The Balaban J connectivity index is 2.26. The molecular formula is C10H13NO5S2. The molecule has 1 aliphatic rings. The van der Waals surface area contributed by atoms with Gasteiger partial charge in [-0.15, -0.1) is 0 Å². The van der Waals surface area contributed by atoms with E-state index in [1.54, 1.807) is 11.8 Å². The summed E-state index contributed by atoms with van der Waals surface area (Å²) in [5.74, 6) is -0.917. The van der Waals surface area contributed by atoms with E-state index in [-0.39, 0.29) is 16.1 Å². The number of rotatable bonds is 3. The molecule has 1 atom stereocenters. The van der Waals surface area contributed by atoms with Crippen LogP contribution in [-0.4, -0.2) is 47.9 Å². The van der Waals surface area contributed by atoms with Crippen molar-refractivity contribution in [3.63, 3.8) is 0 Å². The fourth-order valence-electron chi connectivity index (χ4n) is 1.71. The number of furan rings is 1. The molecule has 0 amide bonds. The average Bonchev–Trinajstić information content (AvgIpc) is 2.79. The summed E-state index contributed by atoms with van der Waals surface area (Å²) < 4.78 is 30.6. The number of carboxylic acids is 1. The second kappa shape index (κ2) is 4.94. The van der Waals surface area contributed by atoms with Gasteiger partial charge in [0.2, 0.25) is 10.9 Å². The molecule has 0 aliphatic carbocycles. The number of nitrogens with zero attached hydrogens (tertiary/aromatic N) is 1. The van der Waals surface area contributed by atoms with Crippen molar-refractivity contribution in [3.8, 4) is 0 Å². The highest BCUT2D eigenvalue weighted by atomic mass is 32.2. The zero-order valence-corrected chi connectivity index (χ0v) is 11.3. The highest BCUT2D eigenvalue weighted by Crippen LogP contribution is 2.25. The second-order valence-electron chi connectivity index (χ2n) is 3.97. The zero-order valence-electron chi connectivity index (χ0n) is 9.70. The normalized spacial score (nSPS) is 21.9. The van der Waals surface area contributed by atoms with Gasteiger partial charge in [0.15, 0.2) is 0 Å². The maximum atomic E-state index is 12.2. The molecule has 100 valence electrons. The SMILES string of the molecule is CC1CN(S(=O)(=O)c2ccc(C(=O)O)o2)CCS1. The lowest BCUT2D eigenvalue weighted by Gasteiger charge is -2.28. The minimum atomic E-state index is -3.72. The molecule has 8 heteroatoms. The van der Waals surface area contributed by atoms with E-state index in [9.17, 15) is 13.2 Å². The lowest BCUT2D eigenvalue weighted by Crippen LogP contribution is -2.40. The number of carbonyl (C=O) groups is 1. The average molecular weight is 291 g/mol. The number of thioether (sulfide) groups is 1. The Labute approximate surface area is 109 Å². The summed E-state index contributed by atoms with van der Waals surface area (Å²) >= 11 is 1.71. The van der Waals surface area contributed by atoms with E-state index >= 15 is 0 Å². The van der Waals surface area contributed by atoms with Crippen LogP contribution in [0, 0.1) is 0 Å². The van der Waals surface area contributed by atoms with E-state index in [0.717, 1.165) is 11.8 Å². The summed E-state index contributed by atoms with van der Waals surface area (Å²) in [7, 11) is -3.72. The highest BCUT2D eigenvalue weighted by Gasteiger charge is 2.31. The molecule has 2 rings (SSSR count). The number of carboxylic acid groups (broad SMARTS) is 1. The molecule has 1 aliphatic heterocycles. The van der Waals surface area contributed by atoms with Crippen LogP contribution < -0.4 is 0 Å². The molecule has 1 N–H and O–H groups in total. The molecule has 0 bridgehead atoms. The molecular weight excluding hydrogens is 278 g/mol. The van der Waals surface area contributed by atoms with Gasteiger partial charge in [0.1, 0.15) is 0 Å². The predicted molar refractivity (Wildman–Crippen MR) is 66.3 cm³/mol. The standard InChI is InChI=1S/C10H13NO5S2/c1-7-6-11(4-5-17-7)18(14,15)9-3-2-8(16-9)10(12)13/h2-3,7H,4-6H2,1H3,(H,12,13). The Hall–Kier alpha value is -0.990. The van der Waals surface area contributed by atoms with E-state index in [0.29, 0.717) is 13.1 Å². The quantitative estimate of drug-likeness (QED) is 0.897. The van der Waals surface area contributed by atoms with Gasteiger partial charge in [0.25, 0.3) is 10.0 Å². The third kappa shape index (κ3) is 2.55. The first-order chi connectivity index (χ1) is 8.41. The first-order valence-corrected chi connectivity index (χ1v) is 7.85. The summed E-state index contributed by atoms with van der Waals surface area (Å²) in [6.45, 7) is 2.79. The first kappa shape index (κ1) is 13.4. The van der Waals surface area contributed by atoms with Crippen LogP contribution in [0.4, 0.5) is 0 Å². The minimum absolute atomic E-state index is 0.224. The Morgan fingerprint density at radius 2 is 2.28 bits per heavy atom. The fourth-order valence-corrected chi connectivity index (χ4v) is 4.37. The molecule has 0 aromatic carbocycles. The van der Waals surface area contributed by atoms with Crippen molar-refractivity contribution in [2.24, 2.45) is 0 Å². The van der Waals surface area contributed by atoms with Gasteiger partial charge in [0.05, 0.1) is 0 Å². The second-order valence-corrected chi connectivity index (χ2v) is 7.38. The third-order valence-electron chi connectivity index (χ3n) is 2.59. The molecule has 2 heterocycles. The van der Waals surface area contributed by atoms with Crippen LogP contribution in [-0.2, 0) is 10.0 Å². The number of sulfonamides is 1. The highest BCUT2D eigenvalue weighted by molar-refractivity contribution is 8.00. The van der Waals surface area contributed by atoms with Gasteiger partial charge in [0, 0.05) is 24.1 Å². The van der Waals surface area contributed by atoms with Crippen molar-refractivity contribution >= 4 is 27.8 Å². The molecule has 1 saturated heterocycles. The molecule has 1 fully saturated rings. The maximum Gasteiger partial charge on any atom is 0.371 e. The first-order valence-electron chi connectivity index (χ1n) is 5.36. The van der Waals surface area contributed by atoms with Gasteiger partial charge < -0.3 is 9.52 Å². The molecule has 0 saturated carbocycles. The molecule has 0 spiro atoms. The Morgan fingerprint density at radius 3 is 2.83 bits per heavy atom. The summed E-state index contributed by atoms with van der Waals surface area (Å²) in [5, 5.41) is 8.63. The number of hydrogen-bond donors (Lipinski definition) is 1. The van der Waals surface area contributed by atoms with Crippen LogP contribution in [0.25, 0.3) is 0 Å².